The standard InChI is InChI=1S/C20H28O3/c1-2-12-18(17-21)13-8-5-3-4-6-11-16-23-20(22)19-14-9-7-10-15-19/h2,7,9-10,14-15,17-18H,1,3-6,8,11-13,16H2/t18-/m0/s1. The molecule has 0 heterocycles. The first-order chi connectivity index (χ1) is 11.3. The summed E-state index contributed by atoms with van der Waals surface area (Å²) < 4.78 is 5.24. The summed E-state index contributed by atoms with van der Waals surface area (Å²) in [7, 11) is 0. The van der Waals surface area contributed by atoms with Crippen molar-refractivity contribution in [3.8, 4) is 0 Å². The first kappa shape index (κ1) is 19.1. The van der Waals surface area contributed by atoms with Crippen molar-refractivity contribution in [3.05, 3.63) is 48.6 Å². The van der Waals surface area contributed by atoms with Crippen molar-refractivity contribution in [3.63, 3.8) is 0 Å². The molecule has 0 unspecified atom stereocenters. The van der Waals surface area contributed by atoms with Gasteiger partial charge < -0.3 is 9.53 Å². The highest BCUT2D eigenvalue weighted by molar-refractivity contribution is 5.89. The smallest absolute Gasteiger partial charge is 0.338 e. The Morgan fingerprint density at radius 3 is 2.35 bits per heavy atom. The molecule has 0 N–H and O–H groups in total. The second kappa shape index (κ2) is 12.6. The summed E-state index contributed by atoms with van der Waals surface area (Å²) in [5.41, 5.74) is 0.608. The number of esters is 1. The molecule has 23 heavy (non-hydrogen) atoms. The third kappa shape index (κ3) is 8.97. The number of carbonyl (C=O) groups excluding carboxylic acids is 2. The maximum Gasteiger partial charge on any atom is 0.338 e. The van der Waals surface area contributed by atoms with Crippen molar-refractivity contribution < 1.29 is 14.3 Å². The molecule has 0 aliphatic heterocycles. The fraction of sp³-hybridized carbons (Fsp3) is 0.500. The first-order valence-corrected chi connectivity index (χ1v) is 8.56. The quantitative estimate of drug-likeness (QED) is 0.223. The second-order valence-corrected chi connectivity index (χ2v) is 5.83. The van der Waals surface area contributed by atoms with Gasteiger partial charge in [-0.25, -0.2) is 4.79 Å². The van der Waals surface area contributed by atoms with E-state index in [1.54, 1.807) is 12.1 Å². The van der Waals surface area contributed by atoms with E-state index in [2.05, 4.69) is 6.58 Å². The Morgan fingerprint density at radius 1 is 1.04 bits per heavy atom. The van der Waals surface area contributed by atoms with E-state index in [4.69, 9.17) is 4.74 Å². The van der Waals surface area contributed by atoms with Crippen LogP contribution in [-0.4, -0.2) is 18.9 Å². The van der Waals surface area contributed by atoms with Crippen molar-refractivity contribution in [2.24, 2.45) is 5.92 Å². The van der Waals surface area contributed by atoms with E-state index >= 15 is 0 Å². The van der Waals surface area contributed by atoms with Crippen molar-refractivity contribution in [1.82, 2.24) is 0 Å². The largest absolute Gasteiger partial charge is 0.462 e. The summed E-state index contributed by atoms with van der Waals surface area (Å²) in [5.74, 6) is -0.0994. The van der Waals surface area contributed by atoms with Gasteiger partial charge in [0, 0.05) is 5.92 Å². The van der Waals surface area contributed by atoms with Gasteiger partial charge in [0.15, 0.2) is 0 Å². The maximum absolute atomic E-state index is 11.7. The molecular formula is C20H28O3. The number of aldehydes is 1. The Bertz CT molecular complexity index is 453. The van der Waals surface area contributed by atoms with Gasteiger partial charge in [0.1, 0.15) is 6.29 Å². The minimum Gasteiger partial charge on any atom is -0.462 e. The Morgan fingerprint density at radius 2 is 1.70 bits per heavy atom. The molecule has 0 aromatic heterocycles. The number of benzene rings is 1. The molecular weight excluding hydrogens is 288 g/mol. The fourth-order valence-electron chi connectivity index (χ4n) is 2.49. The lowest BCUT2D eigenvalue weighted by Gasteiger charge is -2.07. The summed E-state index contributed by atoms with van der Waals surface area (Å²) >= 11 is 0. The molecule has 0 amide bonds. The van der Waals surface area contributed by atoms with Crippen LogP contribution < -0.4 is 0 Å². The molecule has 0 fully saturated rings. The van der Waals surface area contributed by atoms with Crippen LogP contribution in [0.3, 0.4) is 0 Å². The molecule has 0 saturated heterocycles. The van der Waals surface area contributed by atoms with Gasteiger partial charge in [-0.3, -0.25) is 0 Å². The molecule has 1 rings (SSSR count). The van der Waals surface area contributed by atoms with E-state index < -0.39 is 0 Å². The fourth-order valence-corrected chi connectivity index (χ4v) is 2.49. The molecule has 1 atom stereocenters. The maximum atomic E-state index is 11.7. The normalized spacial score (nSPS) is 11.7. The number of ether oxygens (including phenoxy) is 1. The highest BCUT2D eigenvalue weighted by Crippen LogP contribution is 2.14. The van der Waals surface area contributed by atoms with Gasteiger partial charge in [-0.2, -0.15) is 0 Å². The summed E-state index contributed by atoms with van der Waals surface area (Å²) in [6.07, 6.45) is 11.2. The molecule has 0 spiro atoms. The number of unbranched alkanes of at least 4 members (excludes halogenated alkanes) is 5. The van der Waals surface area contributed by atoms with E-state index in [0.717, 1.165) is 51.2 Å². The van der Waals surface area contributed by atoms with Crippen LogP contribution in [0.1, 0.15) is 61.7 Å². The third-order valence-corrected chi connectivity index (χ3v) is 3.87. The SMILES string of the molecule is C=CC[C@H](C=O)CCCCCCCCOC(=O)c1ccccc1. The summed E-state index contributed by atoms with van der Waals surface area (Å²) in [6, 6.07) is 9.08. The summed E-state index contributed by atoms with van der Waals surface area (Å²) in [4.78, 5) is 22.5. The molecule has 0 radical (unpaired) electrons. The zero-order valence-electron chi connectivity index (χ0n) is 13.9. The zero-order valence-corrected chi connectivity index (χ0v) is 13.9. The minimum atomic E-state index is -0.243. The topological polar surface area (TPSA) is 43.4 Å². The van der Waals surface area contributed by atoms with E-state index in [1.807, 2.05) is 24.3 Å². The Balaban J connectivity index is 1.94. The van der Waals surface area contributed by atoms with Crippen molar-refractivity contribution in [2.75, 3.05) is 6.61 Å². The molecule has 0 aliphatic carbocycles. The van der Waals surface area contributed by atoms with Crippen LogP contribution in [0.2, 0.25) is 0 Å². The Labute approximate surface area is 139 Å². The Kier molecular flexibility index (Phi) is 10.5. The van der Waals surface area contributed by atoms with Gasteiger partial charge in [0.25, 0.3) is 0 Å². The molecule has 3 nitrogen and oxygen atoms in total. The average Bonchev–Trinajstić information content (AvgIpc) is 2.59. The predicted octanol–water partition coefficient (Wildman–Crippen LogP) is 4.97. The van der Waals surface area contributed by atoms with Crippen LogP contribution in [0.15, 0.2) is 43.0 Å². The molecule has 1 aromatic carbocycles. The number of allylic oxidation sites excluding steroid dienone is 1. The van der Waals surface area contributed by atoms with Crippen LogP contribution in [0.5, 0.6) is 0 Å². The van der Waals surface area contributed by atoms with Crippen molar-refractivity contribution >= 4 is 12.3 Å². The van der Waals surface area contributed by atoms with Crippen LogP contribution in [0.4, 0.5) is 0 Å². The lowest BCUT2D eigenvalue weighted by atomic mass is 9.98. The first-order valence-electron chi connectivity index (χ1n) is 8.56. The highest BCUT2D eigenvalue weighted by Gasteiger charge is 2.05. The van der Waals surface area contributed by atoms with Gasteiger partial charge in [0.05, 0.1) is 12.2 Å². The summed E-state index contributed by atoms with van der Waals surface area (Å²) in [6.45, 7) is 4.16. The molecule has 0 saturated carbocycles. The third-order valence-electron chi connectivity index (χ3n) is 3.87. The van der Waals surface area contributed by atoms with E-state index in [9.17, 15) is 9.59 Å². The second-order valence-electron chi connectivity index (χ2n) is 5.83. The molecule has 0 bridgehead atoms. The van der Waals surface area contributed by atoms with E-state index in [-0.39, 0.29) is 11.9 Å². The van der Waals surface area contributed by atoms with E-state index in [0.29, 0.717) is 12.2 Å². The zero-order chi connectivity index (χ0) is 16.8. The minimum absolute atomic E-state index is 0.143. The number of hydrogen-bond donors (Lipinski definition) is 0. The van der Waals surface area contributed by atoms with Crippen LogP contribution in [-0.2, 0) is 9.53 Å². The molecule has 3 heteroatoms. The lowest BCUT2D eigenvalue weighted by Crippen LogP contribution is -2.06. The van der Waals surface area contributed by atoms with Crippen molar-refractivity contribution in [2.45, 2.75) is 51.4 Å². The van der Waals surface area contributed by atoms with Crippen LogP contribution in [0.25, 0.3) is 0 Å². The Hall–Kier alpha value is -1.90. The predicted molar refractivity (Wildman–Crippen MR) is 93.4 cm³/mol. The van der Waals surface area contributed by atoms with Gasteiger partial charge >= 0.3 is 5.97 Å². The molecule has 0 aliphatic rings. The average molecular weight is 316 g/mol. The number of rotatable bonds is 13. The van der Waals surface area contributed by atoms with E-state index in [1.165, 1.54) is 6.42 Å². The number of hydrogen-bond acceptors (Lipinski definition) is 3. The van der Waals surface area contributed by atoms with Crippen LogP contribution >= 0.6 is 0 Å². The lowest BCUT2D eigenvalue weighted by molar-refractivity contribution is -0.111. The highest BCUT2D eigenvalue weighted by atomic mass is 16.5. The van der Waals surface area contributed by atoms with Gasteiger partial charge in [-0.05, 0) is 31.4 Å². The monoisotopic (exact) mass is 316 g/mol. The van der Waals surface area contributed by atoms with Crippen LogP contribution in [0, 0.1) is 5.92 Å². The van der Waals surface area contributed by atoms with Crippen molar-refractivity contribution in [1.29, 1.82) is 0 Å². The van der Waals surface area contributed by atoms with Gasteiger partial charge in [0.2, 0.25) is 0 Å². The molecule has 1 aromatic rings. The molecule has 126 valence electrons. The van der Waals surface area contributed by atoms with Gasteiger partial charge in [-0.1, -0.05) is 56.4 Å². The summed E-state index contributed by atoms with van der Waals surface area (Å²) in [5, 5.41) is 0. The van der Waals surface area contributed by atoms with Gasteiger partial charge in [-0.15, -0.1) is 6.58 Å². The number of carbonyl (C=O) groups is 2.